The summed E-state index contributed by atoms with van der Waals surface area (Å²) in [7, 11) is 0. The molecular formula is C9H7IN2O. The third kappa shape index (κ3) is 1.46. The lowest BCUT2D eigenvalue weighted by Gasteiger charge is -1.96. The van der Waals surface area contributed by atoms with Gasteiger partial charge >= 0.3 is 0 Å². The lowest BCUT2D eigenvalue weighted by molar-refractivity contribution is 0.0927. The van der Waals surface area contributed by atoms with Crippen molar-refractivity contribution in [3.8, 4) is 0 Å². The summed E-state index contributed by atoms with van der Waals surface area (Å²) >= 11 is 2.21. The van der Waals surface area contributed by atoms with E-state index >= 15 is 0 Å². The Morgan fingerprint density at radius 1 is 1.54 bits per heavy atom. The van der Waals surface area contributed by atoms with Crippen molar-refractivity contribution in [1.29, 1.82) is 0 Å². The van der Waals surface area contributed by atoms with Gasteiger partial charge in [0.15, 0.2) is 0 Å². The molecule has 2 aromatic rings. The number of hydrogen-bond donors (Lipinski definition) is 0. The van der Waals surface area contributed by atoms with Gasteiger partial charge in [0.05, 0.1) is 11.7 Å². The average Bonchev–Trinajstić information content (AvgIpc) is 2.46. The van der Waals surface area contributed by atoms with Gasteiger partial charge in [0.25, 0.3) is 0 Å². The molecule has 0 fully saturated rings. The summed E-state index contributed by atoms with van der Waals surface area (Å²) < 4.78 is 2.52. The Bertz CT molecular complexity index is 475. The van der Waals surface area contributed by atoms with Crippen molar-refractivity contribution < 1.29 is 4.79 Å². The summed E-state index contributed by atoms with van der Waals surface area (Å²) in [5.74, 6) is -0.0583. The Hall–Kier alpha value is -0.910. The number of nitrogens with zero attached hydrogens (tertiary/aromatic N) is 2. The molecule has 0 aliphatic rings. The molecule has 4 heteroatoms. The quantitative estimate of drug-likeness (QED) is 0.696. The smallest absolute Gasteiger partial charge is 0.244 e. The predicted octanol–water partition coefficient (Wildman–Crippen LogP) is 2.30. The number of rotatable bonds is 0. The first-order valence-electron chi connectivity index (χ1n) is 3.83. The highest BCUT2D eigenvalue weighted by Gasteiger charge is 2.05. The van der Waals surface area contributed by atoms with Gasteiger partial charge in [0, 0.05) is 15.9 Å². The van der Waals surface area contributed by atoms with Crippen LogP contribution in [0.4, 0.5) is 0 Å². The molecule has 0 amide bonds. The van der Waals surface area contributed by atoms with Gasteiger partial charge in [-0.15, -0.1) is 0 Å². The molecule has 0 spiro atoms. The van der Waals surface area contributed by atoms with E-state index in [0.29, 0.717) is 0 Å². The first kappa shape index (κ1) is 8.68. The molecule has 2 rings (SSSR count). The zero-order valence-electron chi connectivity index (χ0n) is 6.99. The average molecular weight is 286 g/mol. The highest BCUT2D eigenvalue weighted by molar-refractivity contribution is 14.1. The summed E-state index contributed by atoms with van der Waals surface area (Å²) in [6.07, 6.45) is 1.70. The molecule has 0 saturated carbocycles. The molecule has 0 N–H and O–H groups in total. The van der Waals surface area contributed by atoms with Crippen LogP contribution in [0.3, 0.4) is 0 Å². The second kappa shape index (κ2) is 3.10. The molecule has 0 radical (unpaired) electrons. The van der Waals surface area contributed by atoms with Crippen molar-refractivity contribution in [3.63, 3.8) is 0 Å². The van der Waals surface area contributed by atoms with Gasteiger partial charge in [-0.1, -0.05) is 6.07 Å². The van der Waals surface area contributed by atoms with Crippen molar-refractivity contribution in [2.24, 2.45) is 0 Å². The van der Waals surface area contributed by atoms with Crippen molar-refractivity contribution in [2.45, 2.75) is 6.92 Å². The molecule has 0 saturated heterocycles. The Morgan fingerprint density at radius 2 is 2.31 bits per heavy atom. The Kier molecular flexibility index (Phi) is 2.07. The Labute approximate surface area is 88.9 Å². The molecule has 1 aromatic heterocycles. The molecule has 0 bridgehead atoms. The Morgan fingerprint density at radius 3 is 3.00 bits per heavy atom. The van der Waals surface area contributed by atoms with Crippen molar-refractivity contribution in [3.05, 3.63) is 28.0 Å². The molecule has 3 nitrogen and oxygen atoms in total. The minimum atomic E-state index is -0.0583. The molecule has 13 heavy (non-hydrogen) atoms. The van der Waals surface area contributed by atoms with E-state index in [0.717, 1.165) is 14.5 Å². The van der Waals surface area contributed by atoms with Crippen LogP contribution in [-0.2, 0) is 0 Å². The van der Waals surface area contributed by atoms with Crippen LogP contribution in [0.25, 0.3) is 10.9 Å². The number of benzene rings is 1. The van der Waals surface area contributed by atoms with Gasteiger partial charge < -0.3 is 0 Å². The van der Waals surface area contributed by atoms with Crippen LogP contribution < -0.4 is 0 Å². The SMILES string of the molecule is CC(=O)n1ncc2ccc(I)cc21. The molecule has 0 unspecified atom stereocenters. The number of carbonyl (C=O) groups excluding carboxylic acids is 1. The van der Waals surface area contributed by atoms with E-state index in [1.165, 1.54) is 11.6 Å². The summed E-state index contributed by atoms with van der Waals surface area (Å²) in [5.41, 5.74) is 0.874. The standard InChI is InChI=1S/C9H7IN2O/c1-6(13)12-9-4-8(10)3-2-7(9)5-11-12/h2-5H,1H3. The summed E-state index contributed by atoms with van der Waals surface area (Å²) in [6, 6.07) is 5.91. The third-order valence-electron chi connectivity index (χ3n) is 1.83. The van der Waals surface area contributed by atoms with E-state index in [2.05, 4.69) is 27.7 Å². The lowest BCUT2D eigenvalue weighted by Crippen LogP contribution is -2.06. The Balaban J connectivity index is 2.79. The largest absolute Gasteiger partial charge is 0.273 e. The maximum atomic E-state index is 11.1. The highest BCUT2D eigenvalue weighted by atomic mass is 127. The van der Waals surface area contributed by atoms with Gasteiger partial charge in [-0.05, 0) is 34.7 Å². The van der Waals surface area contributed by atoms with Crippen LogP contribution in [0.2, 0.25) is 0 Å². The fraction of sp³-hybridized carbons (Fsp3) is 0.111. The van der Waals surface area contributed by atoms with E-state index in [1.807, 2.05) is 18.2 Å². The van der Waals surface area contributed by atoms with Gasteiger partial charge in [-0.2, -0.15) is 5.10 Å². The molecule has 0 aliphatic heterocycles. The van der Waals surface area contributed by atoms with Gasteiger partial charge in [-0.25, -0.2) is 4.68 Å². The number of aromatic nitrogens is 2. The van der Waals surface area contributed by atoms with Crippen molar-refractivity contribution >= 4 is 39.4 Å². The normalized spacial score (nSPS) is 10.6. The number of hydrogen-bond acceptors (Lipinski definition) is 2. The summed E-state index contributed by atoms with van der Waals surface area (Å²) in [6.45, 7) is 1.51. The van der Waals surface area contributed by atoms with Gasteiger partial charge in [0.2, 0.25) is 5.91 Å². The summed E-state index contributed by atoms with van der Waals surface area (Å²) in [4.78, 5) is 11.1. The lowest BCUT2D eigenvalue weighted by atomic mass is 10.2. The fourth-order valence-electron chi connectivity index (χ4n) is 1.24. The van der Waals surface area contributed by atoms with Gasteiger partial charge in [-0.3, -0.25) is 4.79 Å². The second-order valence-electron chi connectivity index (χ2n) is 2.78. The molecule has 66 valence electrons. The predicted molar refractivity (Wildman–Crippen MR) is 58.8 cm³/mol. The maximum absolute atomic E-state index is 11.1. The molecule has 1 aromatic carbocycles. The van der Waals surface area contributed by atoms with Crippen LogP contribution in [-0.4, -0.2) is 15.7 Å². The molecule has 0 atom stereocenters. The van der Waals surface area contributed by atoms with E-state index in [9.17, 15) is 4.79 Å². The van der Waals surface area contributed by atoms with E-state index in [1.54, 1.807) is 6.20 Å². The molecule has 0 aliphatic carbocycles. The minimum absolute atomic E-state index is 0.0583. The molecule has 1 heterocycles. The van der Waals surface area contributed by atoms with Crippen LogP contribution in [0.15, 0.2) is 24.4 Å². The zero-order valence-corrected chi connectivity index (χ0v) is 9.15. The minimum Gasteiger partial charge on any atom is -0.273 e. The van der Waals surface area contributed by atoms with Crippen LogP contribution in [0, 0.1) is 3.57 Å². The van der Waals surface area contributed by atoms with Gasteiger partial charge in [0.1, 0.15) is 0 Å². The van der Waals surface area contributed by atoms with Crippen LogP contribution >= 0.6 is 22.6 Å². The monoisotopic (exact) mass is 286 g/mol. The number of carbonyl (C=O) groups is 1. The van der Waals surface area contributed by atoms with Crippen molar-refractivity contribution in [1.82, 2.24) is 9.78 Å². The first-order valence-corrected chi connectivity index (χ1v) is 4.90. The van der Waals surface area contributed by atoms with Crippen molar-refractivity contribution in [2.75, 3.05) is 0 Å². The van der Waals surface area contributed by atoms with E-state index in [4.69, 9.17) is 0 Å². The first-order chi connectivity index (χ1) is 6.18. The maximum Gasteiger partial charge on any atom is 0.244 e. The van der Waals surface area contributed by atoms with E-state index in [-0.39, 0.29) is 5.91 Å². The van der Waals surface area contributed by atoms with Crippen LogP contribution in [0.1, 0.15) is 11.7 Å². The molecular weight excluding hydrogens is 279 g/mol. The zero-order chi connectivity index (χ0) is 9.42. The number of halogens is 1. The topological polar surface area (TPSA) is 34.9 Å². The van der Waals surface area contributed by atoms with Crippen LogP contribution in [0.5, 0.6) is 0 Å². The second-order valence-corrected chi connectivity index (χ2v) is 4.02. The fourth-order valence-corrected chi connectivity index (χ4v) is 1.72. The summed E-state index contributed by atoms with van der Waals surface area (Å²) in [5, 5.41) is 5.00. The number of fused-ring (bicyclic) bond motifs is 1. The third-order valence-corrected chi connectivity index (χ3v) is 2.50. The van der Waals surface area contributed by atoms with E-state index < -0.39 is 0 Å². The highest BCUT2D eigenvalue weighted by Crippen LogP contribution is 2.16.